The van der Waals surface area contributed by atoms with Crippen molar-refractivity contribution in [1.29, 1.82) is 0 Å². The Balaban J connectivity index is 2.10. The molecule has 1 aromatic carbocycles. The molecule has 0 radical (unpaired) electrons. The molecule has 1 fully saturated rings. The third kappa shape index (κ3) is 2.72. The van der Waals surface area contributed by atoms with Gasteiger partial charge < -0.3 is 10.8 Å². The second kappa shape index (κ2) is 4.96. The minimum absolute atomic E-state index is 0.175. The number of nitrogens with zero attached hydrogens (tertiary/aromatic N) is 1. The minimum Gasteiger partial charge on any atom is -0.506 e. The van der Waals surface area contributed by atoms with Crippen LogP contribution in [0.4, 0.5) is 5.69 Å². The van der Waals surface area contributed by atoms with Crippen LogP contribution >= 0.6 is 0 Å². The van der Waals surface area contributed by atoms with Crippen molar-refractivity contribution >= 4 is 5.69 Å². The molecular formula is C14H22N2O. The van der Waals surface area contributed by atoms with Gasteiger partial charge in [-0.1, -0.05) is 12.5 Å². The number of hydrogen-bond donors (Lipinski definition) is 2. The van der Waals surface area contributed by atoms with Crippen LogP contribution in [-0.2, 0) is 6.54 Å². The largest absolute Gasteiger partial charge is 0.506 e. The summed E-state index contributed by atoms with van der Waals surface area (Å²) >= 11 is 0. The Morgan fingerprint density at radius 2 is 1.94 bits per heavy atom. The van der Waals surface area contributed by atoms with Gasteiger partial charge in [-0.15, -0.1) is 0 Å². The van der Waals surface area contributed by atoms with Gasteiger partial charge in [-0.25, -0.2) is 0 Å². The van der Waals surface area contributed by atoms with Gasteiger partial charge in [0.2, 0.25) is 0 Å². The van der Waals surface area contributed by atoms with E-state index in [0.29, 0.717) is 17.8 Å². The van der Waals surface area contributed by atoms with Crippen LogP contribution in [0.25, 0.3) is 0 Å². The lowest BCUT2D eigenvalue weighted by molar-refractivity contribution is 0.0953. The van der Waals surface area contributed by atoms with Gasteiger partial charge in [0.15, 0.2) is 0 Å². The number of hydrogen-bond acceptors (Lipinski definition) is 3. The first-order valence-corrected chi connectivity index (χ1v) is 6.41. The highest BCUT2D eigenvalue weighted by atomic mass is 16.3. The fourth-order valence-electron chi connectivity index (χ4n) is 2.70. The molecule has 1 aromatic rings. The van der Waals surface area contributed by atoms with E-state index in [4.69, 9.17) is 5.73 Å². The molecule has 1 saturated heterocycles. The minimum atomic E-state index is 0.175. The number of benzene rings is 1. The molecule has 3 heteroatoms. The van der Waals surface area contributed by atoms with E-state index >= 15 is 0 Å². The maximum Gasteiger partial charge on any atom is 0.138 e. The SMILES string of the molecule is CC1CCCC(C)N1Cc1ccc(O)c(N)c1. The fourth-order valence-corrected chi connectivity index (χ4v) is 2.70. The summed E-state index contributed by atoms with van der Waals surface area (Å²) in [4.78, 5) is 2.52. The van der Waals surface area contributed by atoms with Crippen molar-refractivity contribution in [2.45, 2.75) is 51.7 Å². The summed E-state index contributed by atoms with van der Waals surface area (Å²) < 4.78 is 0. The molecule has 0 aromatic heterocycles. The van der Waals surface area contributed by atoms with Crippen molar-refractivity contribution in [2.75, 3.05) is 5.73 Å². The molecule has 3 N–H and O–H groups in total. The molecule has 17 heavy (non-hydrogen) atoms. The zero-order valence-electron chi connectivity index (χ0n) is 10.7. The molecule has 94 valence electrons. The van der Waals surface area contributed by atoms with Crippen LogP contribution in [0.3, 0.4) is 0 Å². The van der Waals surface area contributed by atoms with Crippen molar-refractivity contribution in [3.63, 3.8) is 0 Å². The number of nitrogens with two attached hydrogens (primary N) is 1. The molecule has 0 saturated carbocycles. The topological polar surface area (TPSA) is 49.5 Å². The van der Waals surface area contributed by atoms with E-state index in [2.05, 4.69) is 18.7 Å². The predicted octanol–water partition coefficient (Wildman–Crippen LogP) is 2.74. The molecule has 0 amide bonds. The summed E-state index contributed by atoms with van der Waals surface area (Å²) in [6, 6.07) is 6.79. The number of likely N-dealkylation sites (tertiary alicyclic amines) is 1. The van der Waals surface area contributed by atoms with E-state index < -0.39 is 0 Å². The van der Waals surface area contributed by atoms with Gasteiger partial charge in [-0.2, -0.15) is 0 Å². The smallest absolute Gasteiger partial charge is 0.138 e. The Labute approximate surface area is 103 Å². The highest BCUT2D eigenvalue weighted by Crippen LogP contribution is 2.26. The first-order chi connectivity index (χ1) is 8.08. The third-order valence-corrected chi connectivity index (χ3v) is 3.83. The standard InChI is InChI=1S/C14H22N2O/c1-10-4-3-5-11(2)16(10)9-12-6-7-14(17)13(15)8-12/h6-8,10-11,17H,3-5,9,15H2,1-2H3. The van der Waals surface area contributed by atoms with Crippen LogP contribution in [0, 0.1) is 0 Å². The van der Waals surface area contributed by atoms with E-state index in [1.54, 1.807) is 6.07 Å². The zero-order valence-corrected chi connectivity index (χ0v) is 10.7. The molecular weight excluding hydrogens is 212 g/mol. The fraction of sp³-hybridized carbons (Fsp3) is 0.571. The van der Waals surface area contributed by atoms with Gasteiger partial charge in [0.1, 0.15) is 5.75 Å². The number of rotatable bonds is 2. The van der Waals surface area contributed by atoms with Crippen LogP contribution in [-0.4, -0.2) is 22.1 Å². The molecule has 2 rings (SSSR count). The molecule has 0 bridgehead atoms. The Hall–Kier alpha value is -1.22. The summed E-state index contributed by atoms with van der Waals surface area (Å²) in [5, 5.41) is 9.41. The number of phenolic OH excluding ortho intramolecular Hbond substituents is 1. The van der Waals surface area contributed by atoms with Crippen molar-refractivity contribution < 1.29 is 5.11 Å². The van der Waals surface area contributed by atoms with Crippen LogP contribution in [0.2, 0.25) is 0 Å². The van der Waals surface area contributed by atoms with E-state index in [9.17, 15) is 5.11 Å². The second-order valence-electron chi connectivity index (χ2n) is 5.19. The number of aromatic hydroxyl groups is 1. The van der Waals surface area contributed by atoms with Gasteiger partial charge in [0.25, 0.3) is 0 Å². The van der Waals surface area contributed by atoms with Gasteiger partial charge in [0, 0.05) is 18.6 Å². The molecule has 2 unspecified atom stereocenters. The van der Waals surface area contributed by atoms with Crippen LogP contribution in [0.15, 0.2) is 18.2 Å². The summed E-state index contributed by atoms with van der Waals surface area (Å²) in [6.07, 6.45) is 3.88. The number of nitrogen functional groups attached to an aromatic ring is 1. The molecule has 1 aliphatic rings. The quantitative estimate of drug-likeness (QED) is 0.611. The summed E-state index contributed by atoms with van der Waals surface area (Å²) in [5.41, 5.74) is 7.38. The van der Waals surface area contributed by atoms with Gasteiger partial charge in [-0.05, 0) is 44.4 Å². The van der Waals surface area contributed by atoms with E-state index in [1.807, 2.05) is 12.1 Å². The number of piperidine rings is 1. The monoisotopic (exact) mass is 234 g/mol. The number of phenols is 1. The Morgan fingerprint density at radius 3 is 2.53 bits per heavy atom. The second-order valence-corrected chi connectivity index (χ2v) is 5.19. The average molecular weight is 234 g/mol. The van der Waals surface area contributed by atoms with E-state index in [-0.39, 0.29) is 5.75 Å². The Kier molecular flexibility index (Phi) is 3.57. The lowest BCUT2D eigenvalue weighted by atomic mass is 9.96. The third-order valence-electron chi connectivity index (χ3n) is 3.83. The first kappa shape index (κ1) is 12.2. The first-order valence-electron chi connectivity index (χ1n) is 6.41. The molecule has 1 heterocycles. The normalized spacial score (nSPS) is 26.0. The van der Waals surface area contributed by atoms with Crippen molar-refractivity contribution in [2.24, 2.45) is 0 Å². The van der Waals surface area contributed by atoms with Crippen LogP contribution in [0.1, 0.15) is 38.7 Å². The molecule has 0 aliphatic carbocycles. The zero-order chi connectivity index (χ0) is 12.4. The maximum absolute atomic E-state index is 9.41. The lowest BCUT2D eigenvalue weighted by Gasteiger charge is -2.39. The Morgan fingerprint density at radius 1 is 1.29 bits per heavy atom. The highest BCUT2D eigenvalue weighted by Gasteiger charge is 2.24. The molecule has 1 aliphatic heterocycles. The summed E-state index contributed by atoms with van der Waals surface area (Å²) in [7, 11) is 0. The average Bonchev–Trinajstić information content (AvgIpc) is 2.28. The van der Waals surface area contributed by atoms with Gasteiger partial charge in [-0.3, -0.25) is 4.90 Å². The van der Waals surface area contributed by atoms with Crippen molar-refractivity contribution in [3.05, 3.63) is 23.8 Å². The highest BCUT2D eigenvalue weighted by molar-refractivity contribution is 5.53. The van der Waals surface area contributed by atoms with Gasteiger partial charge in [0.05, 0.1) is 5.69 Å². The van der Waals surface area contributed by atoms with E-state index in [0.717, 1.165) is 6.54 Å². The van der Waals surface area contributed by atoms with Crippen LogP contribution < -0.4 is 5.73 Å². The van der Waals surface area contributed by atoms with Crippen LogP contribution in [0.5, 0.6) is 5.75 Å². The predicted molar refractivity (Wildman–Crippen MR) is 70.8 cm³/mol. The van der Waals surface area contributed by atoms with Crippen molar-refractivity contribution in [1.82, 2.24) is 4.90 Å². The Bertz CT molecular complexity index is 382. The van der Waals surface area contributed by atoms with Crippen molar-refractivity contribution in [3.8, 4) is 5.75 Å². The summed E-state index contributed by atoms with van der Waals surface area (Å²) in [6.45, 7) is 5.51. The van der Waals surface area contributed by atoms with Gasteiger partial charge >= 0.3 is 0 Å². The molecule has 0 spiro atoms. The maximum atomic E-state index is 9.41. The molecule has 3 nitrogen and oxygen atoms in total. The lowest BCUT2D eigenvalue weighted by Crippen LogP contribution is -2.42. The number of anilines is 1. The summed E-state index contributed by atoms with van der Waals surface area (Å²) in [5.74, 6) is 0.175. The van der Waals surface area contributed by atoms with E-state index in [1.165, 1.54) is 24.8 Å². The molecule has 2 atom stereocenters.